The molecule has 5 rings (SSSR count). The molecule has 30 heavy (non-hydrogen) atoms. The van der Waals surface area contributed by atoms with E-state index in [2.05, 4.69) is 17.0 Å². The van der Waals surface area contributed by atoms with Gasteiger partial charge in [0, 0.05) is 16.6 Å². The van der Waals surface area contributed by atoms with Crippen LogP contribution in [-0.2, 0) is 0 Å². The van der Waals surface area contributed by atoms with Crippen LogP contribution in [0.3, 0.4) is 0 Å². The first kappa shape index (κ1) is 20.1. The van der Waals surface area contributed by atoms with Crippen molar-refractivity contribution >= 4 is 17.4 Å². The van der Waals surface area contributed by atoms with Crippen molar-refractivity contribution in [2.75, 3.05) is 19.7 Å². The van der Waals surface area contributed by atoms with E-state index < -0.39 is 0 Å². The lowest BCUT2D eigenvalue weighted by molar-refractivity contribution is 0.0917. The van der Waals surface area contributed by atoms with Crippen LogP contribution >= 0.6 is 11.6 Å². The third-order valence-corrected chi connectivity index (χ3v) is 7.80. The number of hydrogen-bond donors (Lipinski definition) is 0. The molecule has 0 amide bonds. The average Bonchev–Trinajstić information content (AvgIpc) is 3.42. The van der Waals surface area contributed by atoms with Crippen molar-refractivity contribution in [3.05, 3.63) is 64.7 Å². The topological polar surface area (TPSA) is 29.5 Å². The van der Waals surface area contributed by atoms with E-state index in [1.807, 2.05) is 12.1 Å². The Morgan fingerprint density at radius 1 is 1.00 bits per heavy atom. The predicted molar refractivity (Wildman–Crippen MR) is 121 cm³/mol. The number of piperidine rings is 1. The van der Waals surface area contributed by atoms with Crippen LogP contribution in [-0.4, -0.2) is 36.4 Å². The van der Waals surface area contributed by atoms with Gasteiger partial charge < -0.3 is 9.64 Å². The molecule has 3 aliphatic rings. The van der Waals surface area contributed by atoms with Gasteiger partial charge in [0.2, 0.25) is 0 Å². The molecule has 1 aliphatic heterocycles. The van der Waals surface area contributed by atoms with Crippen molar-refractivity contribution in [1.82, 2.24) is 4.90 Å². The number of para-hydroxylation sites is 1. The maximum absolute atomic E-state index is 12.5. The molecule has 2 aliphatic carbocycles. The number of likely N-dealkylation sites (tertiary alicyclic amines) is 1. The fourth-order valence-electron chi connectivity index (χ4n) is 6.04. The smallest absolute Gasteiger partial charge is 0.200 e. The number of carbonyl (C=O) groups is 1. The number of rotatable bonds is 6. The summed E-state index contributed by atoms with van der Waals surface area (Å²) in [5, 5.41) is 0.573. The van der Waals surface area contributed by atoms with Crippen LogP contribution in [0, 0.1) is 11.8 Å². The first-order valence-corrected chi connectivity index (χ1v) is 11.8. The number of hydrogen-bond acceptors (Lipinski definition) is 3. The Bertz CT molecular complexity index is 905. The second-order valence-electron chi connectivity index (χ2n) is 9.31. The molecule has 0 aromatic heterocycles. The van der Waals surface area contributed by atoms with Crippen molar-refractivity contribution < 1.29 is 9.53 Å². The standard InChI is InChI=1S/C26H30ClNO2/c27-22-5-3-4-21(16-22)25(29)17-30-26-7-2-1-6-23(26)19-10-12-28(13-11-19)24-15-18-8-9-20(24)14-18/h1-7,16,18-20,24H,8-15,17H2/t18-,20-,24-/m0/s1. The summed E-state index contributed by atoms with van der Waals surface area (Å²) in [5.74, 6) is 3.28. The molecule has 0 unspecified atom stereocenters. The highest BCUT2D eigenvalue weighted by atomic mass is 35.5. The second-order valence-corrected chi connectivity index (χ2v) is 9.75. The molecule has 0 radical (unpaired) electrons. The van der Waals surface area contributed by atoms with Crippen molar-refractivity contribution in [1.29, 1.82) is 0 Å². The highest BCUT2D eigenvalue weighted by Crippen LogP contribution is 2.47. The van der Waals surface area contributed by atoms with Crippen LogP contribution in [0.5, 0.6) is 5.75 Å². The zero-order valence-corrected chi connectivity index (χ0v) is 18.2. The number of Topliss-reactive ketones (excluding diaryl/α,β-unsaturated/α-hetero) is 1. The molecule has 3 nitrogen and oxygen atoms in total. The Kier molecular flexibility index (Phi) is 5.84. The van der Waals surface area contributed by atoms with Gasteiger partial charge in [0.1, 0.15) is 5.75 Å². The summed E-state index contributed by atoms with van der Waals surface area (Å²) in [4.78, 5) is 15.3. The molecular weight excluding hydrogens is 394 g/mol. The lowest BCUT2D eigenvalue weighted by Gasteiger charge is -2.40. The third-order valence-electron chi connectivity index (χ3n) is 7.56. The third kappa shape index (κ3) is 4.15. The Morgan fingerprint density at radius 3 is 2.57 bits per heavy atom. The van der Waals surface area contributed by atoms with Gasteiger partial charge in [0.25, 0.3) is 0 Å². The van der Waals surface area contributed by atoms with Crippen molar-refractivity contribution in [2.24, 2.45) is 11.8 Å². The summed E-state index contributed by atoms with van der Waals surface area (Å²) in [6, 6.07) is 16.2. The van der Waals surface area contributed by atoms with Gasteiger partial charge in [0.15, 0.2) is 12.4 Å². The minimum absolute atomic E-state index is 0.0430. The highest BCUT2D eigenvalue weighted by Gasteiger charge is 2.43. The number of nitrogens with zero attached hydrogens (tertiary/aromatic N) is 1. The van der Waals surface area contributed by atoms with Gasteiger partial charge in [0.05, 0.1) is 0 Å². The van der Waals surface area contributed by atoms with Gasteiger partial charge in [-0.25, -0.2) is 0 Å². The molecule has 0 N–H and O–H groups in total. The van der Waals surface area contributed by atoms with Crippen molar-refractivity contribution in [2.45, 2.75) is 50.5 Å². The number of ketones is 1. The lowest BCUT2D eigenvalue weighted by atomic mass is 9.86. The van der Waals surface area contributed by atoms with Crippen LogP contribution < -0.4 is 4.74 Å². The quantitative estimate of drug-likeness (QED) is 0.536. The average molecular weight is 424 g/mol. The molecule has 3 fully saturated rings. The van der Waals surface area contributed by atoms with Gasteiger partial charge >= 0.3 is 0 Å². The van der Waals surface area contributed by atoms with E-state index in [9.17, 15) is 4.79 Å². The molecule has 4 heteroatoms. The number of carbonyl (C=O) groups excluding carboxylic acids is 1. The Morgan fingerprint density at radius 2 is 1.83 bits per heavy atom. The van der Waals surface area contributed by atoms with Gasteiger partial charge in [-0.05, 0) is 86.7 Å². The zero-order chi connectivity index (χ0) is 20.5. The lowest BCUT2D eigenvalue weighted by Crippen LogP contribution is -2.43. The number of fused-ring (bicyclic) bond motifs is 2. The van der Waals surface area contributed by atoms with E-state index in [1.54, 1.807) is 24.3 Å². The molecule has 1 heterocycles. The maximum atomic E-state index is 12.5. The largest absolute Gasteiger partial charge is 0.485 e. The summed E-state index contributed by atoms with van der Waals surface area (Å²) in [5.41, 5.74) is 1.85. The van der Waals surface area contributed by atoms with E-state index >= 15 is 0 Å². The van der Waals surface area contributed by atoms with Gasteiger partial charge in [-0.15, -0.1) is 0 Å². The Balaban J connectivity index is 1.20. The highest BCUT2D eigenvalue weighted by molar-refractivity contribution is 6.31. The molecular formula is C26H30ClNO2. The molecule has 2 aromatic rings. The summed E-state index contributed by atoms with van der Waals surface area (Å²) in [6.45, 7) is 2.42. The molecule has 158 valence electrons. The van der Waals surface area contributed by atoms with E-state index in [1.165, 1.54) is 57.2 Å². The van der Waals surface area contributed by atoms with Crippen LogP contribution in [0.25, 0.3) is 0 Å². The molecule has 2 saturated carbocycles. The minimum Gasteiger partial charge on any atom is -0.485 e. The molecule has 1 saturated heterocycles. The molecule has 2 aromatic carbocycles. The molecule has 3 atom stereocenters. The molecule has 2 bridgehead atoms. The van der Waals surface area contributed by atoms with E-state index in [0.29, 0.717) is 16.5 Å². The molecule has 0 spiro atoms. The fourth-order valence-corrected chi connectivity index (χ4v) is 6.23. The number of halogens is 1. The summed E-state index contributed by atoms with van der Waals surface area (Å²) >= 11 is 6.02. The SMILES string of the molecule is O=C(COc1ccccc1C1CCN([C@H]2C[C@H]3CC[C@H]2C3)CC1)c1cccc(Cl)c1. The van der Waals surface area contributed by atoms with E-state index in [4.69, 9.17) is 16.3 Å². The normalized spacial score (nSPS) is 26.8. The Hall–Kier alpha value is -1.84. The zero-order valence-electron chi connectivity index (χ0n) is 17.4. The Labute approximate surface area is 184 Å². The summed E-state index contributed by atoms with van der Waals surface area (Å²) < 4.78 is 6.01. The fraction of sp³-hybridized carbons (Fsp3) is 0.500. The number of ether oxygens (including phenoxy) is 1. The van der Waals surface area contributed by atoms with Gasteiger partial charge in [-0.2, -0.15) is 0 Å². The van der Waals surface area contributed by atoms with Crippen LogP contribution in [0.15, 0.2) is 48.5 Å². The van der Waals surface area contributed by atoms with Crippen LogP contribution in [0.1, 0.15) is 60.4 Å². The number of benzene rings is 2. The van der Waals surface area contributed by atoms with Crippen LogP contribution in [0.4, 0.5) is 0 Å². The van der Waals surface area contributed by atoms with E-state index in [-0.39, 0.29) is 12.4 Å². The predicted octanol–water partition coefficient (Wildman–Crippen LogP) is 5.97. The maximum Gasteiger partial charge on any atom is 0.200 e. The van der Waals surface area contributed by atoms with E-state index in [0.717, 1.165) is 23.6 Å². The van der Waals surface area contributed by atoms with Crippen molar-refractivity contribution in [3.8, 4) is 5.75 Å². The minimum atomic E-state index is -0.0431. The van der Waals surface area contributed by atoms with Gasteiger partial charge in [-0.1, -0.05) is 48.4 Å². The summed E-state index contributed by atoms with van der Waals surface area (Å²) in [7, 11) is 0. The van der Waals surface area contributed by atoms with Crippen LogP contribution in [0.2, 0.25) is 5.02 Å². The van der Waals surface area contributed by atoms with Crippen molar-refractivity contribution in [3.63, 3.8) is 0 Å². The first-order chi connectivity index (χ1) is 14.7. The first-order valence-electron chi connectivity index (χ1n) is 11.4. The van der Waals surface area contributed by atoms with Gasteiger partial charge in [-0.3, -0.25) is 4.79 Å². The monoisotopic (exact) mass is 423 g/mol. The summed E-state index contributed by atoms with van der Waals surface area (Å²) in [6.07, 6.45) is 8.18. The second kappa shape index (κ2) is 8.72.